The van der Waals surface area contributed by atoms with Gasteiger partial charge in [-0.25, -0.2) is 9.97 Å². The molecule has 0 amide bonds. The van der Waals surface area contributed by atoms with Crippen LogP contribution >= 0.6 is 0 Å². The molecule has 1 saturated carbocycles. The van der Waals surface area contributed by atoms with Gasteiger partial charge in [0.2, 0.25) is 0 Å². The van der Waals surface area contributed by atoms with Gasteiger partial charge in [0.25, 0.3) is 5.56 Å². The number of phenols is 1. The Hall–Kier alpha value is -2.69. The van der Waals surface area contributed by atoms with Crippen molar-refractivity contribution in [2.45, 2.75) is 25.8 Å². The van der Waals surface area contributed by atoms with E-state index in [1.165, 1.54) is 0 Å². The van der Waals surface area contributed by atoms with E-state index in [-0.39, 0.29) is 23.0 Å². The maximum absolute atomic E-state index is 12.9. The summed E-state index contributed by atoms with van der Waals surface area (Å²) in [7, 11) is 0. The topological polar surface area (TPSA) is 68.0 Å². The van der Waals surface area contributed by atoms with Crippen LogP contribution in [0.1, 0.15) is 24.4 Å². The molecule has 0 atom stereocenters. The predicted octanol–water partition coefficient (Wildman–Crippen LogP) is 2.81. The first-order valence-electron chi connectivity index (χ1n) is 7.32. The number of benzene rings is 1. The van der Waals surface area contributed by atoms with E-state index in [4.69, 9.17) is 0 Å². The number of rotatable bonds is 2. The normalized spacial score (nSPS) is 14.4. The molecule has 110 valence electrons. The molecule has 2 heterocycles. The molecule has 1 fully saturated rings. The van der Waals surface area contributed by atoms with E-state index in [0.29, 0.717) is 16.7 Å². The van der Waals surface area contributed by atoms with Gasteiger partial charge in [0.1, 0.15) is 17.0 Å². The molecule has 1 aromatic carbocycles. The summed E-state index contributed by atoms with van der Waals surface area (Å²) >= 11 is 0. The number of hydrogen-bond acceptors (Lipinski definition) is 4. The zero-order valence-corrected chi connectivity index (χ0v) is 12.2. The van der Waals surface area contributed by atoms with Crippen molar-refractivity contribution in [3.8, 4) is 17.0 Å². The minimum atomic E-state index is -0.187. The Labute approximate surface area is 126 Å². The van der Waals surface area contributed by atoms with Crippen LogP contribution in [0.4, 0.5) is 0 Å². The summed E-state index contributed by atoms with van der Waals surface area (Å²) in [4.78, 5) is 21.6. The van der Waals surface area contributed by atoms with Crippen LogP contribution in [0.5, 0.6) is 5.75 Å². The lowest BCUT2D eigenvalue weighted by Gasteiger charge is -2.11. The van der Waals surface area contributed by atoms with Crippen LogP contribution in [0.25, 0.3) is 22.4 Å². The lowest BCUT2D eigenvalue weighted by molar-refractivity contribution is 0.476. The first kappa shape index (κ1) is 13.0. The van der Waals surface area contributed by atoms with Gasteiger partial charge in [-0.15, -0.1) is 0 Å². The van der Waals surface area contributed by atoms with Crippen LogP contribution in [0.2, 0.25) is 0 Å². The first-order valence-corrected chi connectivity index (χ1v) is 7.32. The molecule has 0 saturated heterocycles. The summed E-state index contributed by atoms with van der Waals surface area (Å²) in [6.45, 7) is 1.89. The molecule has 1 N–H and O–H groups in total. The molecule has 0 bridgehead atoms. The monoisotopic (exact) mass is 293 g/mol. The van der Waals surface area contributed by atoms with Gasteiger partial charge in [-0.2, -0.15) is 0 Å². The number of pyridine rings is 1. The molecule has 22 heavy (non-hydrogen) atoms. The third-order valence-corrected chi connectivity index (χ3v) is 3.97. The van der Waals surface area contributed by atoms with Crippen molar-refractivity contribution < 1.29 is 5.11 Å². The summed E-state index contributed by atoms with van der Waals surface area (Å²) in [5.74, 6) is 0.0789. The van der Waals surface area contributed by atoms with E-state index in [1.807, 2.05) is 19.1 Å². The molecule has 5 heteroatoms. The number of fused-ring (bicyclic) bond motifs is 1. The van der Waals surface area contributed by atoms with Crippen molar-refractivity contribution in [2.75, 3.05) is 0 Å². The zero-order chi connectivity index (χ0) is 15.3. The third kappa shape index (κ3) is 1.97. The van der Waals surface area contributed by atoms with E-state index < -0.39 is 0 Å². The molecule has 0 unspecified atom stereocenters. The van der Waals surface area contributed by atoms with Crippen molar-refractivity contribution in [3.05, 3.63) is 52.4 Å². The Morgan fingerprint density at radius 3 is 2.82 bits per heavy atom. The number of aryl methyl sites for hydroxylation is 1. The van der Waals surface area contributed by atoms with E-state index in [2.05, 4.69) is 9.97 Å². The average Bonchev–Trinajstić information content (AvgIpc) is 3.32. The third-order valence-electron chi connectivity index (χ3n) is 3.97. The minimum Gasteiger partial charge on any atom is -0.507 e. The van der Waals surface area contributed by atoms with Crippen LogP contribution in [-0.2, 0) is 0 Å². The lowest BCUT2D eigenvalue weighted by atomic mass is 10.1. The number of nitrogens with zero attached hydrogens (tertiary/aromatic N) is 3. The van der Waals surface area contributed by atoms with Crippen LogP contribution in [-0.4, -0.2) is 19.6 Å². The molecule has 2 aromatic heterocycles. The molecule has 1 aliphatic carbocycles. The van der Waals surface area contributed by atoms with Gasteiger partial charge in [0.05, 0.1) is 0 Å². The molecule has 5 nitrogen and oxygen atoms in total. The summed E-state index contributed by atoms with van der Waals surface area (Å²) in [5.41, 5.74) is 2.79. The molecule has 4 rings (SSSR count). The van der Waals surface area contributed by atoms with Gasteiger partial charge in [0.15, 0.2) is 5.65 Å². The molecular formula is C17H15N3O2. The summed E-state index contributed by atoms with van der Waals surface area (Å²) in [5, 5.41) is 10.2. The number of aromatic hydroxyl groups is 1. The van der Waals surface area contributed by atoms with Gasteiger partial charge in [0, 0.05) is 17.8 Å². The number of aromatic nitrogens is 3. The SMILES string of the molecule is Cc1ccc(-c2nc3cccnc3n(C3CC3)c2=O)c(O)c1. The van der Waals surface area contributed by atoms with Crippen LogP contribution in [0.3, 0.4) is 0 Å². The quantitative estimate of drug-likeness (QED) is 0.789. The molecule has 3 aromatic rings. The first-order chi connectivity index (χ1) is 10.6. The Bertz CT molecular complexity index is 942. The lowest BCUT2D eigenvalue weighted by Crippen LogP contribution is -2.23. The fourth-order valence-corrected chi connectivity index (χ4v) is 2.73. The Kier molecular flexibility index (Phi) is 2.76. The molecule has 0 spiro atoms. The van der Waals surface area contributed by atoms with E-state index in [1.54, 1.807) is 29.0 Å². The molecule has 1 aliphatic rings. The second-order valence-corrected chi connectivity index (χ2v) is 5.73. The smallest absolute Gasteiger partial charge is 0.279 e. The van der Waals surface area contributed by atoms with Gasteiger partial charge in [-0.1, -0.05) is 6.07 Å². The highest BCUT2D eigenvalue weighted by Gasteiger charge is 2.29. The zero-order valence-electron chi connectivity index (χ0n) is 12.2. The van der Waals surface area contributed by atoms with Gasteiger partial charge >= 0.3 is 0 Å². The van der Waals surface area contributed by atoms with Gasteiger partial charge in [-0.3, -0.25) is 9.36 Å². The highest BCUT2D eigenvalue weighted by Crippen LogP contribution is 2.36. The Morgan fingerprint density at radius 2 is 2.09 bits per heavy atom. The van der Waals surface area contributed by atoms with E-state index in [0.717, 1.165) is 18.4 Å². The molecule has 0 radical (unpaired) electrons. The minimum absolute atomic E-state index is 0.0789. The Morgan fingerprint density at radius 1 is 1.27 bits per heavy atom. The van der Waals surface area contributed by atoms with Crippen LogP contribution < -0.4 is 5.56 Å². The molecule has 0 aliphatic heterocycles. The molecular weight excluding hydrogens is 278 g/mol. The second kappa shape index (κ2) is 4.66. The van der Waals surface area contributed by atoms with Crippen LogP contribution in [0.15, 0.2) is 41.3 Å². The second-order valence-electron chi connectivity index (χ2n) is 5.73. The number of phenolic OH excluding ortho intramolecular Hbond substituents is 1. The maximum atomic E-state index is 12.9. The summed E-state index contributed by atoms with van der Waals surface area (Å²) < 4.78 is 1.72. The summed E-state index contributed by atoms with van der Waals surface area (Å²) in [6.07, 6.45) is 3.63. The van der Waals surface area contributed by atoms with Gasteiger partial charge in [-0.05, 0) is 49.6 Å². The highest BCUT2D eigenvalue weighted by molar-refractivity contribution is 5.76. The maximum Gasteiger partial charge on any atom is 0.279 e. The predicted molar refractivity (Wildman–Crippen MR) is 83.9 cm³/mol. The number of hydrogen-bond donors (Lipinski definition) is 1. The standard InChI is InChI=1S/C17H15N3O2/c1-10-4-7-12(14(21)9-10)15-17(22)20(11-5-6-11)16-13(19-15)3-2-8-18-16/h2-4,7-9,11,21H,5-6H2,1H3. The van der Waals surface area contributed by atoms with E-state index in [9.17, 15) is 9.90 Å². The van der Waals surface area contributed by atoms with Crippen LogP contribution in [0, 0.1) is 6.92 Å². The highest BCUT2D eigenvalue weighted by atomic mass is 16.3. The van der Waals surface area contributed by atoms with Crippen molar-refractivity contribution >= 4 is 11.2 Å². The van der Waals surface area contributed by atoms with Crippen molar-refractivity contribution in [1.82, 2.24) is 14.5 Å². The van der Waals surface area contributed by atoms with E-state index >= 15 is 0 Å². The fourth-order valence-electron chi connectivity index (χ4n) is 2.73. The van der Waals surface area contributed by atoms with Gasteiger partial charge < -0.3 is 5.11 Å². The van der Waals surface area contributed by atoms with Crippen molar-refractivity contribution in [1.29, 1.82) is 0 Å². The fraction of sp³-hybridized carbons (Fsp3) is 0.235. The van der Waals surface area contributed by atoms with Crippen molar-refractivity contribution in [2.24, 2.45) is 0 Å². The van der Waals surface area contributed by atoms with Crippen molar-refractivity contribution in [3.63, 3.8) is 0 Å². The average molecular weight is 293 g/mol. The largest absolute Gasteiger partial charge is 0.507 e. The Balaban J connectivity index is 2.06. The summed E-state index contributed by atoms with van der Waals surface area (Å²) in [6, 6.07) is 9.09.